The zero-order valence-corrected chi connectivity index (χ0v) is 27.4. The molecule has 0 unspecified atom stereocenters. The van der Waals surface area contributed by atoms with Crippen LogP contribution < -0.4 is 9.47 Å². The summed E-state index contributed by atoms with van der Waals surface area (Å²) in [6, 6.07) is 25.7. The van der Waals surface area contributed by atoms with Crippen LogP contribution in [0, 0.1) is 13.8 Å². The molecule has 0 aliphatic carbocycles. The summed E-state index contributed by atoms with van der Waals surface area (Å²) in [6.07, 6.45) is 1.70. The fourth-order valence-electron chi connectivity index (χ4n) is 6.07. The van der Waals surface area contributed by atoms with Gasteiger partial charge in [0, 0.05) is 18.7 Å². The Morgan fingerprint density at radius 3 is 2.05 bits per heavy atom. The molecule has 0 aliphatic heterocycles. The van der Waals surface area contributed by atoms with Crippen LogP contribution in [0.15, 0.2) is 83.8 Å². The van der Waals surface area contributed by atoms with E-state index < -0.39 is 10.0 Å². The Labute approximate surface area is 258 Å². The van der Waals surface area contributed by atoms with Gasteiger partial charge < -0.3 is 14.0 Å². The zero-order valence-electron chi connectivity index (χ0n) is 26.6. The van der Waals surface area contributed by atoms with Gasteiger partial charge in [0.15, 0.2) is 11.5 Å². The van der Waals surface area contributed by atoms with Crippen molar-refractivity contribution in [3.63, 3.8) is 0 Å². The van der Waals surface area contributed by atoms with E-state index in [1.165, 1.54) is 16.7 Å². The lowest BCUT2D eigenvalue weighted by atomic mass is 10.1. The molecular formula is C36H47N2O4S+. The predicted octanol–water partition coefficient (Wildman–Crippen LogP) is 7.50. The summed E-state index contributed by atoms with van der Waals surface area (Å²) >= 11 is 0. The molecule has 6 nitrogen and oxygen atoms in total. The normalized spacial score (nSPS) is 12.2. The van der Waals surface area contributed by atoms with Gasteiger partial charge in [0.05, 0.1) is 38.7 Å². The maximum atomic E-state index is 14.1. The van der Waals surface area contributed by atoms with E-state index >= 15 is 0 Å². The minimum Gasteiger partial charge on any atom is -0.493 e. The molecule has 230 valence electrons. The first kappa shape index (κ1) is 32.5. The van der Waals surface area contributed by atoms with Gasteiger partial charge in [0.25, 0.3) is 0 Å². The van der Waals surface area contributed by atoms with E-state index in [0.717, 1.165) is 59.8 Å². The molecule has 4 aromatic carbocycles. The Morgan fingerprint density at radius 2 is 1.40 bits per heavy atom. The van der Waals surface area contributed by atoms with Crippen molar-refractivity contribution in [2.45, 2.75) is 58.5 Å². The van der Waals surface area contributed by atoms with Crippen molar-refractivity contribution in [2.75, 3.05) is 40.4 Å². The lowest BCUT2D eigenvalue weighted by Crippen LogP contribution is -2.47. The molecule has 7 heteroatoms. The van der Waals surface area contributed by atoms with Crippen LogP contribution in [0.2, 0.25) is 0 Å². The molecule has 4 rings (SSSR count). The maximum absolute atomic E-state index is 14.1. The summed E-state index contributed by atoms with van der Waals surface area (Å²) in [5.41, 5.74) is 4.81. The number of nitrogens with zero attached hydrogens (tertiary/aromatic N) is 2. The first-order chi connectivity index (χ1) is 20.6. The first-order valence-electron chi connectivity index (χ1n) is 15.2. The summed E-state index contributed by atoms with van der Waals surface area (Å²) < 4.78 is 41.8. The van der Waals surface area contributed by atoms with Crippen LogP contribution in [0.3, 0.4) is 0 Å². The number of fused-ring (bicyclic) bond motifs is 1. The average molecular weight is 604 g/mol. The molecular weight excluding hydrogens is 556 g/mol. The number of methoxy groups -OCH3 is 2. The second-order valence-corrected chi connectivity index (χ2v) is 13.5. The molecule has 0 amide bonds. The summed E-state index contributed by atoms with van der Waals surface area (Å²) in [5.74, 6) is 1.20. The van der Waals surface area contributed by atoms with Crippen LogP contribution in [0.5, 0.6) is 11.5 Å². The molecule has 0 bridgehead atoms. The standard InChI is InChI=1S/C36H47N2O4S/c1-7-38(8-2,27-31-22-28(3)21-29(4)23-31)20-12-11-19-37(26-30-15-18-35(41-5)36(24-30)42-6)43(39,40)34-17-16-32-13-9-10-14-33(32)25-34/h9-10,13-18,21-25H,7-8,11-12,19-20,26-27H2,1-6H3/q+1. The third-order valence-corrected chi connectivity index (χ3v) is 10.4. The van der Waals surface area contributed by atoms with Gasteiger partial charge in [0.1, 0.15) is 6.54 Å². The highest BCUT2D eigenvalue weighted by Gasteiger charge is 2.27. The maximum Gasteiger partial charge on any atom is 0.243 e. The highest BCUT2D eigenvalue weighted by molar-refractivity contribution is 7.89. The molecule has 0 N–H and O–H groups in total. The van der Waals surface area contributed by atoms with Gasteiger partial charge in [0.2, 0.25) is 10.0 Å². The minimum absolute atomic E-state index is 0.250. The van der Waals surface area contributed by atoms with Crippen LogP contribution in [0.4, 0.5) is 0 Å². The smallest absolute Gasteiger partial charge is 0.243 e. The van der Waals surface area contributed by atoms with E-state index in [4.69, 9.17) is 9.47 Å². The molecule has 0 heterocycles. The molecule has 43 heavy (non-hydrogen) atoms. The monoisotopic (exact) mass is 603 g/mol. The van der Waals surface area contributed by atoms with Gasteiger partial charge in [-0.25, -0.2) is 8.42 Å². The molecule has 0 spiro atoms. The Kier molecular flexibility index (Phi) is 10.9. The molecule has 0 saturated carbocycles. The number of benzene rings is 4. The van der Waals surface area contributed by atoms with Crippen LogP contribution in [-0.2, 0) is 23.1 Å². The zero-order chi connectivity index (χ0) is 31.0. The van der Waals surface area contributed by atoms with E-state index in [0.29, 0.717) is 22.9 Å². The van der Waals surface area contributed by atoms with E-state index in [9.17, 15) is 8.42 Å². The highest BCUT2D eigenvalue weighted by atomic mass is 32.2. The van der Waals surface area contributed by atoms with Gasteiger partial charge in [-0.15, -0.1) is 0 Å². The number of rotatable bonds is 15. The van der Waals surface area contributed by atoms with Crippen LogP contribution in [-0.4, -0.2) is 57.6 Å². The fraction of sp³-hybridized carbons (Fsp3) is 0.389. The summed E-state index contributed by atoms with van der Waals surface area (Å²) in [4.78, 5) is 0.314. The lowest BCUT2D eigenvalue weighted by molar-refractivity contribution is -0.938. The molecule has 0 aromatic heterocycles. The largest absolute Gasteiger partial charge is 0.493 e. The quantitative estimate of drug-likeness (QED) is 0.104. The molecule has 0 atom stereocenters. The van der Waals surface area contributed by atoms with Crippen molar-refractivity contribution in [1.82, 2.24) is 4.31 Å². The number of ether oxygens (including phenoxy) is 2. The first-order valence-corrected chi connectivity index (χ1v) is 16.7. The molecule has 4 aromatic rings. The third-order valence-electron chi connectivity index (χ3n) is 8.60. The number of unbranched alkanes of at least 4 members (excludes halogenated alkanes) is 1. The van der Waals surface area contributed by atoms with Crippen LogP contribution in [0.1, 0.15) is 48.9 Å². The Morgan fingerprint density at radius 1 is 0.721 bits per heavy atom. The van der Waals surface area contributed by atoms with Gasteiger partial charge in [-0.2, -0.15) is 4.31 Å². The molecule has 0 fully saturated rings. The number of aryl methyl sites for hydroxylation is 2. The third kappa shape index (κ3) is 7.96. The number of hydrogen-bond donors (Lipinski definition) is 0. The van der Waals surface area contributed by atoms with Crippen molar-refractivity contribution in [2.24, 2.45) is 0 Å². The Balaban J connectivity index is 1.56. The number of sulfonamides is 1. The van der Waals surface area contributed by atoms with Crippen molar-refractivity contribution in [1.29, 1.82) is 0 Å². The van der Waals surface area contributed by atoms with E-state index in [2.05, 4.69) is 45.9 Å². The SMILES string of the molecule is CC[N+](CC)(CCCCN(Cc1ccc(OC)c(OC)c1)S(=O)(=O)c1ccc2ccccc2c1)Cc1cc(C)cc(C)c1. The van der Waals surface area contributed by atoms with Crippen molar-refractivity contribution >= 4 is 20.8 Å². The van der Waals surface area contributed by atoms with Gasteiger partial charge >= 0.3 is 0 Å². The highest BCUT2D eigenvalue weighted by Crippen LogP contribution is 2.30. The summed E-state index contributed by atoms with van der Waals surface area (Å²) in [6.45, 7) is 13.6. The van der Waals surface area contributed by atoms with Crippen LogP contribution in [0.25, 0.3) is 10.8 Å². The van der Waals surface area contributed by atoms with E-state index in [-0.39, 0.29) is 6.54 Å². The fourth-order valence-corrected chi connectivity index (χ4v) is 7.57. The minimum atomic E-state index is -3.75. The van der Waals surface area contributed by atoms with Gasteiger partial charge in [-0.3, -0.25) is 0 Å². The molecule has 0 radical (unpaired) electrons. The van der Waals surface area contributed by atoms with Crippen LogP contribution >= 0.6 is 0 Å². The Hall–Kier alpha value is -3.39. The van der Waals surface area contributed by atoms with E-state index in [1.807, 2.05) is 48.5 Å². The second-order valence-electron chi connectivity index (χ2n) is 11.6. The van der Waals surface area contributed by atoms with Crippen molar-refractivity contribution in [3.8, 4) is 11.5 Å². The molecule has 0 aliphatic rings. The summed E-state index contributed by atoms with van der Waals surface area (Å²) in [7, 11) is -0.566. The number of hydrogen-bond acceptors (Lipinski definition) is 4. The van der Waals surface area contributed by atoms with Gasteiger partial charge in [-0.05, 0) is 81.1 Å². The second kappa shape index (κ2) is 14.4. The van der Waals surface area contributed by atoms with Crippen molar-refractivity contribution in [3.05, 3.63) is 101 Å². The van der Waals surface area contributed by atoms with E-state index in [1.54, 1.807) is 30.7 Å². The lowest BCUT2D eigenvalue weighted by Gasteiger charge is -2.37. The number of quaternary nitrogens is 1. The molecule has 0 saturated heterocycles. The van der Waals surface area contributed by atoms with Crippen molar-refractivity contribution < 1.29 is 22.4 Å². The Bertz CT molecular complexity index is 1610. The summed E-state index contributed by atoms with van der Waals surface area (Å²) in [5, 5.41) is 1.93. The predicted molar refractivity (Wildman–Crippen MR) is 176 cm³/mol. The van der Waals surface area contributed by atoms with Gasteiger partial charge in [-0.1, -0.05) is 65.7 Å². The average Bonchev–Trinajstić information content (AvgIpc) is 3.00. The topological polar surface area (TPSA) is 55.8 Å².